The summed E-state index contributed by atoms with van der Waals surface area (Å²) in [6, 6.07) is 0.133. The molecule has 0 aliphatic carbocycles. The van der Waals surface area contributed by atoms with Crippen LogP contribution in [0.3, 0.4) is 0 Å². The van der Waals surface area contributed by atoms with Gasteiger partial charge in [-0.3, -0.25) is 0 Å². The summed E-state index contributed by atoms with van der Waals surface area (Å²) in [4.78, 5) is 0. The normalized spacial score (nSPS) is 14.3. The molecular weight excluding hydrogens is 222 g/mol. The standard InChI is InChI=1S/C12H27NO2S/c1-5-9-13-12(10-16(4,14)15)8-6-7-11(2)3/h11-13H,5-10H2,1-4H3. The van der Waals surface area contributed by atoms with E-state index in [9.17, 15) is 8.42 Å². The molecule has 0 heterocycles. The van der Waals surface area contributed by atoms with E-state index in [1.54, 1.807) is 0 Å². The maximum absolute atomic E-state index is 11.3. The Kier molecular flexibility index (Phi) is 8.02. The monoisotopic (exact) mass is 249 g/mol. The van der Waals surface area contributed by atoms with Crippen molar-refractivity contribution in [2.24, 2.45) is 5.92 Å². The molecule has 0 fully saturated rings. The molecule has 0 aromatic heterocycles. The molecule has 0 rings (SSSR count). The third-order valence-electron chi connectivity index (χ3n) is 2.52. The maximum atomic E-state index is 11.3. The summed E-state index contributed by atoms with van der Waals surface area (Å²) < 4.78 is 22.5. The third kappa shape index (κ3) is 10.4. The topological polar surface area (TPSA) is 46.2 Å². The fraction of sp³-hybridized carbons (Fsp3) is 1.00. The lowest BCUT2D eigenvalue weighted by Gasteiger charge is -2.17. The van der Waals surface area contributed by atoms with Gasteiger partial charge < -0.3 is 5.32 Å². The van der Waals surface area contributed by atoms with Crippen molar-refractivity contribution in [2.45, 2.75) is 52.5 Å². The van der Waals surface area contributed by atoms with Crippen molar-refractivity contribution in [3.8, 4) is 0 Å². The fourth-order valence-electron chi connectivity index (χ4n) is 1.73. The second-order valence-electron chi connectivity index (χ2n) is 5.07. The van der Waals surface area contributed by atoms with Crippen LogP contribution >= 0.6 is 0 Å². The minimum absolute atomic E-state index is 0.133. The molecule has 0 saturated carbocycles. The van der Waals surface area contributed by atoms with Crippen LogP contribution < -0.4 is 5.32 Å². The first kappa shape index (κ1) is 15.9. The van der Waals surface area contributed by atoms with Crippen LogP contribution in [0.15, 0.2) is 0 Å². The molecule has 1 atom stereocenters. The number of rotatable bonds is 9. The van der Waals surface area contributed by atoms with Gasteiger partial charge in [0.15, 0.2) is 0 Å². The Bertz CT molecular complexity index is 260. The molecule has 98 valence electrons. The molecule has 3 nitrogen and oxygen atoms in total. The summed E-state index contributed by atoms with van der Waals surface area (Å²) in [5.74, 6) is 0.968. The quantitative estimate of drug-likeness (QED) is 0.681. The van der Waals surface area contributed by atoms with Gasteiger partial charge >= 0.3 is 0 Å². The molecule has 16 heavy (non-hydrogen) atoms. The fourth-order valence-corrected chi connectivity index (χ4v) is 2.75. The zero-order valence-corrected chi connectivity index (χ0v) is 11.9. The highest BCUT2D eigenvalue weighted by Crippen LogP contribution is 2.09. The molecule has 0 bridgehead atoms. The maximum Gasteiger partial charge on any atom is 0.148 e. The van der Waals surface area contributed by atoms with Gasteiger partial charge in [0, 0.05) is 12.3 Å². The van der Waals surface area contributed by atoms with Gasteiger partial charge in [-0.1, -0.05) is 33.6 Å². The summed E-state index contributed by atoms with van der Waals surface area (Å²) in [5.41, 5.74) is 0. The number of hydrogen-bond donors (Lipinski definition) is 1. The van der Waals surface area contributed by atoms with Crippen molar-refractivity contribution in [2.75, 3.05) is 18.6 Å². The smallest absolute Gasteiger partial charge is 0.148 e. The Morgan fingerprint density at radius 1 is 1.19 bits per heavy atom. The van der Waals surface area contributed by atoms with E-state index in [2.05, 4.69) is 26.1 Å². The number of hydrogen-bond acceptors (Lipinski definition) is 3. The van der Waals surface area contributed by atoms with Gasteiger partial charge in [-0.2, -0.15) is 0 Å². The van der Waals surface area contributed by atoms with E-state index < -0.39 is 9.84 Å². The summed E-state index contributed by atoms with van der Waals surface area (Å²) in [6.45, 7) is 7.40. The van der Waals surface area contributed by atoms with Crippen LogP contribution in [0.2, 0.25) is 0 Å². The van der Waals surface area contributed by atoms with Crippen molar-refractivity contribution in [3.05, 3.63) is 0 Å². The second kappa shape index (κ2) is 8.07. The van der Waals surface area contributed by atoms with Gasteiger partial charge in [0.25, 0.3) is 0 Å². The lowest BCUT2D eigenvalue weighted by molar-refractivity contribution is 0.456. The van der Waals surface area contributed by atoms with Crippen molar-refractivity contribution in [1.29, 1.82) is 0 Å². The Labute approximate surface area is 101 Å². The van der Waals surface area contributed by atoms with Crippen molar-refractivity contribution < 1.29 is 8.42 Å². The molecule has 0 amide bonds. The molecule has 0 radical (unpaired) electrons. The Hall–Kier alpha value is -0.0900. The van der Waals surface area contributed by atoms with Crippen LogP contribution in [0.4, 0.5) is 0 Å². The first-order valence-corrected chi connectivity index (χ1v) is 8.32. The molecular formula is C12H27NO2S. The van der Waals surface area contributed by atoms with Crippen LogP contribution in [-0.4, -0.2) is 33.0 Å². The summed E-state index contributed by atoms with van der Waals surface area (Å²) in [7, 11) is -2.87. The average Bonchev–Trinajstić information content (AvgIpc) is 2.11. The van der Waals surface area contributed by atoms with Gasteiger partial charge in [0.2, 0.25) is 0 Å². The minimum atomic E-state index is -2.87. The molecule has 0 aliphatic heterocycles. The Morgan fingerprint density at radius 2 is 1.81 bits per heavy atom. The molecule has 1 unspecified atom stereocenters. The van der Waals surface area contributed by atoms with Gasteiger partial charge in [-0.25, -0.2) is 8.42 Å². The van der Waals surface area contributed by atoms with E-state index in [0.29, 0.717) is 5.92 Å². The van der Waals surface area contributed by atoms with Gasteiger partial charge in [-0.15, -0.1) is 0 Å². The largest absolute Gasteiger partial charge is 0.313 e. The van der Waals surface area contributed by atoms with Gasteiger partial charge in [0.05, 0.1) is 5.75 Å². The van der Waals surface area contributed by atoms with Crippen LogP contribution in [0, 0.1) is 5.92 Å². The van der Waals surface area contributed by atoms with Crippen LogP contribution in [0.25, 0.3) is 0 Å². The van der Waals surface area contributed by atoms with Gasteiger partial charge in [-0.05, 0) is 25.3 Å². The van der Waals surface area contributed by atoms with E-state index in [-0.39, 0.29) is 11.8 Å². The highest BCUT2D eigenvalue weighted by molar-refractivity contribution is 7.90. The molecule has 0 aromatic carbocycles. The second-order valence-corrected chi connectivity index (χ2v) is 7.25. The summed E-state index contributed by atoms with van der Waals surface area (Å²) in [5, 5.41) is 3.32. The van der Waals surface area contributed by atoms with E-state index in [1.807, 2.05) is 0 Å². The minimum Gasteiger partial charge on any atom is -0.313 e. The Balaban J connectivity index is 4.00. The molecule has 0 aromatic rings. The highest BCUT2D eigenvalue weighted by Gasteiger charge is 2.14. The van der Waals surface area contributed by atoms with Crippen molar-refractivity contribution >= 4 is 9.84 Å². The molecule has 0 spiro atoms. The highest BCUT2D eigenvalue weighted by atomic mass is 32.2. The Morgan fingerprint density at radius 3 is 2.25 bits per heavy atom. The predicted molar refractivity (Wildman–Crippen MR) is 70.5 cm³/mol. The van der Waals surface area contributed by atoms with Crippen LogP contribution in [0.1, 0.15) is 46.5 Å². The molecule has 0 saturated heterocycles. The van der Waals surface area contributed by atoms with Crippen molar-refractivity contribution in [3.63, 3.8) is 0 Å². The molecule has 0 aliphatic rings. The third-order valence-corrected chi connectivity index (χ3v) is 3.53. The lowest BCUT2D eigenvalue weighted by atomic mass is 10.0. The van der Waals surface area contributed by atoms with Crippen LogP contribution in [0.5, 0.6) is 0 Å². The molecule has 4 heteroatoms. The van der Waals surface area contributed by atoms with Crippen LogP contribution in [-0.2, 0) is 9.84 Å². The average molecular weight is 249 g/mol. The van der Waals surface area contributed by atoms with E-state index in [4.69, 9.17) is 0 Å². The van der Waals surface area contributed by atoms with E-state index >= 15 is 0 Å². The zero-order chi connectivity index (χ0) is 12.6. The van der Waals surface area contributed by atoms with E-state index in [0.717, 1.165) is 25.8 Å². The zero-order valence-electron chi connectivity index (χ0n) is 11.1. The summed E-state index contributed by atoms with van der Waals surface area (Å²) in [6.07, 6.45) is 5.61. The SMILES string of the molecule is CCCNC(CCCC(C)C)CS(C)(=O)=O. The molecule has 1 N–H and O–H groups in total. The first-order valence-electron chi connectivity index (χ1n) is 6.26. The number of sulfone groups is 1. The summed E-state index contributed by atoms with van der Waals surface area (Å²) >= 11 is 0. The van der Waals surface area contributed by atoms with Gasteiger partial charge in [0.1, 0.15) is 9.84 Å². The lowest BCUT2D eigenvalue weighted by Crippen LogP contribution is -2.35. The van der Waals surface area contributed by atoms with E-state index in [1.165, 1.54) is 12.7 Å². The number of nitrogens with one attached hydrogen (secondary N) is 1. The predicted octanol–water partition coefficient (Wildman–Crippen LogP) is 2.23. The van der Waals surface area contributed by atoms with Crippen molar-refractivity contribution in [1.82, 2.24) is 5.32 Å². The first-order chi connectivity index (χ1) is 7.35.